The molecule has 3 rings (SSSR count). The van der Waals surface area contributed by atoms with E-state index in [0.717, 1.165) is 56.8 Å². The highest BCUT2D eigenvalue weighted by Gasteiger charge is 2.19. The van der Waals surface area contributed by atoms with Crippen LogP contribution in [0.2, 0.25) is 5.02 Å². The quantitative estimate of drug-likeness (QED) is 0.388. The lowest BCUT2D eigenvalue weighted by Crippen LogP contribution is -2.52. The third-order valence-corrected chi connectivity index (χ3v) is 4.84. The Hall–Kier alpha value is -1.32. The zero-order chi connectivity index (χ0) is 18.4. The molecule has 1 N–H and O–H groups in total. The van der Waals surface area contributed by atoms with Crippen molar-refractivity contribution in [3.8, 4) is 0 Å². The number of rotatable bonds is 5. The molecule has 1 aromatic carbocycles. The summed E-state index contributed by atoms with van der Waals surface area (Å²) in [5, 5.41) is 8.55. The maximum absolute atomic E-state index is 5.96. The van der Waals surface area contributed by atoms with Gasteiger partial charge in [0.15, 0.2) is 5.96 Å². The van der Waals surface area contributed by atoms with Gasteiger partial charge >= 0.3 is 0 Å². The molecule has 1 fully saturated rings. The Morgan fingerprint density at radius 1 is 1.19 bits per heavy atom. The first kappa shape index (κ1) is 22.0. The minimum atomic E-state index is 0. The molecule has 0 radical (unpaired) electrons. The van der Waals surface area contributed by atoms with Crippen molar-refractivity contribution in [3.63, 3.8) is 0 Å². The Labute approximate surface area is 183 Å². The van der Waals surface area contributed by atoms with Crippen LogP contribution in [0, 0.1) is 6.92 Å². The average Bonchev–Trinajstić information content (AvgIpc) is 3.07. The minimum absolute atomic E-state index is 0. The van der Waals surface area contributed by atoms with Crippen LogP contribution in [-0.4, -0.2) is 65.3 Å². The molecule has 1 saturated heterocycles. The number of nitrogens with zero attached hydrogens (tertiary/aromatic N) is 5. The molecule has 0 atom stereocenters. The lowest BCUT2D eigenvalue weighted by atomic mass is 10.2. The van der Waals surface area contributed by atoms with Crippen LogP contribution in [0.15, 0.2) is 41.7 Å². The van der Waals surface area contributed by atoms with Crippen LogP contribution in [-0.2, 0) is 13.1 Å². The van der Waals surface area contributed by atoms with E-state index in [-0.39, 0.29) is 24.0 Å². The van der Waals surface area contributed by atoms with Crippen LogP contribution < -0.4 is 5.32 Å². The summed E-state index contributed by atoms with van der Waals surface area (Å²) in [6, 6.07) is 8.12. The van der Waals surface area contributed by atoms with Gasteiger partial charge in [-0.3, -0.25) is 14.6 Å². The summed E-state index contributed by atoms with van der Waals surface area (Å²) in [4.78, 5) is 9.23. The Balaban J connectivity index is 0.00000261. The first-order valence-corrected chi connectivity index (χ1v) is 9.43. The second kappa shape index (κ2) is 10.9. The molecular formula is C19H28ClIN6. The molecule has 1 aromatic heterocycles. The van der Waals surface area contributed by atoms with E-state index in [2.05, 4.69) is 50.5 Å². The van der Waals surface area contributed by atoms with Crippen molar-refractivity contribution in [1.29, 1.82) is 0 Å². The van der Waals surface area contributed by atoms with Crippen molar-refractivity contribution in [2.45, 2.75) is 20.0 Å². The summed E-state index contributed by atoms with van der Waals surface area (Å²) < 4.78 is 1.96. The van der Waals surface area contributed by atoms with Crippen molar-refractivity contribution in [1.82, 2.24) is 24.9 Å². The molecule has 1 aliphatic rings. The zero-order valence-corrected chi connectivity index (χ0v) is 19.0. The molecule has 1 aliphatic heterocycles. The summed E-state index contributed by atoms with van der Waals surface area (Å²) in [5.74, 6) is 0.972. The lowest BCUT2D eigenvalue weighted by Gasteiger charge is -2.36. The molecule has 0 aliphatic carbocycles. The van der Waals surface area contributed by atoms with Gasteiger partial charge in [-0.25, -0.2) is 0 Å². The smallest absolute Gasteiger partial charge is 0.193 e. The maximum Gasteiger partial charge on any atom is 0.193 e. The van der Waals surface area contributed by atoms with Crippen LogP contribution in [0.1, 0.15) is 11.1 Å². The van der Waals surface area contributed by atoms with Crippen molar-refractivity contribution in [2.24, 2.45) is 4.99 Å². The number of aliphatic imine (C=N–C) groups is 1. The second-order valence-corrected chi connectivity index (χ2v) is 7.08. The Kier molecular flexibility index (Phi) is 8.85. The summed E-state index contributed by atoms with van der Waals surface area (Å²) in [6.45, 7) is 8.70. The van der Waals surface area contributed by atoms with Gasteiger partial charge in [0.05, 0.1) is 12.7 Å². The number of nitrogens with one attached hydrogen (secondary N) is 1. The molecule has 0 saturated carbocycles. The number of aromatic nitrogens is 2. The Morgan fingerprint density at radius 2 is 1.89 bits per heavy atom. The van der Waals surface area contributed by atoms with Crippen LogP contribution in [0.3, 0.4) is 0 Å². The number of piperazine rings is 1. The molecule has 8 heteroatoms. The minimum Gasteiger partial charge on any atom is -0.354 e. The number of benzene rings is 1. The standard InChI is InChI=1S/C19H27ClN6.HI/c1-16-13-23-26(14-16)8-7-22-19(21-2)25-11-9-24(10-12-25)15-17-3-5-18(20)6-4-17;/h3-6,13-14H,7-12,15H2,1-2H3,(H,21,22);1H. The molecule has 148 valence electrons. The number of hydrogen-bond acceptors (Lipinski definition) is 3. The first-order valence-electron chi connectivity index (χ1n) is 9.05. The van der Waals surface area contributed by atoms with Crippen LogP contribution in [0.4, 0.5) is 0 Å². The lowest BCUT2D eigenvalue weighted by molar-refractivity contribution is 0.172. The topological polar surface area (TPSA) is 48.7 Å². The van der Waals surface area contributed by atoms with E-state index in [4.69, 9.17) is 11.6 Å². The van der Waals surface area contributed by atoms with Crippen LogP contribution >= 0.6 is 35.6 Å². The fourth-order valence-electron chi connectivity index (χ4n) is 3.17. The van der Waals surface area contributed by atoms with Gasteiger partial charge < -0.3 is 10.2 Å². The second-order valence-electron chi connectivity index (χ2n) is 6.64. The van der Waals surface area contributed by atoms with E-state index in [1.165, 1.54) is 11.1 Å². The SMILES string of the molecule is CN=C(NCCn1cc(C)cn1)N1CCN(Cc2ccc(Cl)cc2)CC1.I. The fraction of sp³-hybridized carbons (Fsp3) is 0.474. The maximum atomic E-state index is 5.96. The molecule has 0 bridgehead atoms. The zero-order valence-electron chi connectivity index (χ0n) is 15.9. The van der Waals surface area contributed by atoms with Gasteiger partial charge in [-0.1, -0.05) is 23.7 Å². The van der Waals surface area contributed by atoms with Crippen molar-refractivity contribution in [2.75, 3.05) is 39.8 Å². The Bertz CT molecular complexity index is 722. The van der Waals surface area contributed by atoms with Gasteiger partial charge in [0.1, 0.15) is 0 Å². The predicted molar refractivity (Wildman–Crippen MR) is 122 cm³/mol. The number of hydrogen-bond donors (Lipinski definition) is 1. The molecule has 0 amide bonds. The van der Waals surface area contributed by atoms with Crippen molar-refractivity contribution < 1.29 is 0 Å². The van der Waals surface area contributed by atoms with Crippen molar-refractivity contribution >= 4 is 41.5 Å². The summed E-state index contributed by atoms with van der Waals surface area (Å²) >= 11 is 5.96. The van der Waals surface area contributed by atoms with Gasteiger partial charge in [-0.05, 0) is 30.2 Å². The molecule has 2 aromatic rings. The summed E-state index contributed by atoms with van der Waals surface area (Å²) in [5.41, 5.74) is 2.49. The third kappa shape index (κ3) is 6.65. The van der Waals surface area contributed by atoms with Crippen molar-refractivity contribution in [3.05, 3.63) is 52.8 Å². The van der Waals surface area contributed by atoms with E-state index in [1.54, 1.807) is 0 Å². The average molecular weight is 503 g/mol. The molecule has 0 spiro atoms. The van der Waals surface area contributed by atoms with Gasteiger partial charge in [0.2, 0.25) is 0 Å². The molecule has 2 heterocycles. The van der Waals surface area contributed by atoms with Crippen LogP contribution in [0.25, 0.3) is 0 Å². The highest BCUT2D eigenvalue weighted by Crippen LogP contribution is 2.13. The van der Waals surface area contributed by atoms with Gasteiger partial charge in [0, 0.05) is 57.5 Å². The largest absolute Gasteiger partial charge is 0.354 e. The number of halogens is 2. The predicted octanol–water partition coefficient (Wildman–Crippen LogP) is 2.86. The molecular weight excluding hydrogens is 475 g/mol. The van der Waals surface area contributed by atoms with E-state index in [0.29, 0.717) is 0 Å². The van der Waals surface area contributed by atoms with Gasteiger partial charge in [-0.2, -0.15) is 5.10 Å². The third-order valence-electron chi connectivity index (χ3n) is 4.59. The number of aryl methyl sites for hydroxylation is 1. The first-order chi connectivity index (χ1) is 12.6. The summed E-state index contributed by atoms with van der Waals surface area (Å²) in [6.07, 6.45) is 3.94. The number of guanidine groups is 1. The molecule has 0 unspecified atom stereocenters. The fourth-order valence-corrected chi connectivity index (χ4v) is 3.30. The highest BCUT2D eigenvalue weighted by molar-refractivity contribution is 14.0. The van der Waals surface area contributed by atoms with E-state index < -0.39 is 0 Å². The highest BCUT2D eigenvalue weighted by atomic mass is 127. The van der Waals surface area contributed by atoms with Crippen LogP contribution in [0.5, 0.6) is 0 Å². The Morgan fingerprint density at radius 3 is 2.48 bits per heavy atom. The van der Waals surface area contributed by atoms with E-state index in [1.807, 2.05) is 30.1 Å². The van der Waals surface area contributed by atoms with E-state index in [9.17, 15) is 0 Å². The van der Waals surface area contributed by atoms with Gasteiger partial charge in [0.25, 0.3) is 0 Å². The van der Waals surface area contributed by atoms with E-state index >= 15 is 0 Å². The monoisotopic (exact) mass is 502 g/mol. The molecule has 27 heavy (non-hydrogen) atoms. The van der Waals surface area contributed by atoms with Gasteiger partial charge in [-0.15, -0.1) is 24.0 Å². The summed E-state index contributed by atoms with van der Waals surface area (Å²) in [7, 11) is 1.85. The molecule has 6 nitrogen and oxygen atoms in total. The normalized spacial score (nSPS) is 15.5.